The first-order valence-corrected chi connectivity index (χ1v) is 8.24. The lowest BCUT2D eigenvalue weighted by Crippen LogP contribution is -2.38. The molecule has 0 aromatic heterocycles. The molecule has 1 heterocycles. The van der Waals surface area contributed by atoms with Crippen LogP contribution in [0.4, 0.5) is 0 Å². The van der Waals surface area contributed by atoms with Gasteiger partial charge in [0.15, 0.2) is 0 Å². The van der Waals surface area contributed by atoms with Crippen LogP contribution in [0.5, 0.6) is 0 Å². The van der Waals surface area contributed by atoms with Gasteiger partial charge in [0.05, 0.1) is 5.92 Å². The molecule has 1 unspecified atom stereocenters. The lowest BCUT2D eigenvalue weighted by molar-refractivity contribution is -0.133. The van der Waals surface area contributed by atoms with E-state index in [1.54, 1.807) is 0 Å². The number of rotatable bonds is 4. The van der Waals surface area contributed by atoms with Crippen LogP contribution in [0.15, 0.2) is 24.3 Å². The van der Waals surface area contributed by atoms with Gasteiger partial charge in [-0.3, -0.25) is 4.79 Å². The van der Waals surface area contributed by atoms with Crippen LogP contribution in [-0.2, 0) is 11.2 Å². The maximum absolute atomic E-state index is 12.6. The van der Waals surface area contributed by atoms with Crippen molar-refractivity contribution in [3.8, 4) is 0 Å². The van der Waals surface area contributed by atoms with Crippen molar-refractivity contribution in [1.82, 2.24) is 4.90 Å². The lowest BCUT2D eigenvalue weighted by atomic mass is 9.94. The first-order valence-electron chi connectivity index (χ1n) is 8.24. The minimum absolute atomic E-state index is 0.0265. The standard InChI is InChI=1S/C18H26N2O/c1-14(17(21)20-10-3-2-4-11-20)16-7-5-6-15(12-16)13-18(19)8-9-18/h5-7,12,14H,2-4,8-11,13,19H2,1H3. The first-order chi connectivity index (χ1) is 10.1. The zero-order chi connectivity index (χ0) is 14.9. The highest BCUT2D eigenvalue weighted by atomic mass is 16.2. The van der Waals surface area contributed by atoms with Crippen molar-refractivity contribution in [1.29, 1.82) is 0 Å². The van der Waals surface area contributed by atoms with E-state index in [0.29, 0.717) is 0 Å². The van der Waals surface area contributed by atoms with Gasteiger partial charge < -0.3 is 10.6 Å². The quantitative estimate of drug-likeness (QED) is 0.925. The zero-order valence-corrected chi connectivity index (χ0v) is 13.0. The van der Waals surface area contributed by atoms with E-state index in [9.17, 15) is 4.79 Å². The molecule has 1 saturated carbocycles. The maximum Gasteiger partial charge on any atom is 0.229 e. The van der Waals surface area contributed by atoms with Gasteiger partial charge in [-0.2, -0.15) is 0 Å². The molecule has 1 aliphatic carbocycles. The molecule has 0 bridgehead atoms. The molecule has 1 aromatic rings. The third-order valence-corrected chi connectivity index (χ3v) is 4.94. The maximum atomic E-state index is 12.6. The molecule has 3 rings (SSSR count). The van der Waals surface area contributed by atoms with Gasteiger partial charge in [-0.1, -0.05) is 24.3 Å². The molecule has 0 radical (unpaired) electrons. The number of piperidine rings is 1. The Labute approximate surface area is 127 Å². The molecule has 2 aliphatic rings. The van der Waals surface area contributed by atoms with Crippen molar-refractivity contribution in [2.75, 3.05) is 13.1 Å². The molecule has 0 spiro atoms. The summed E-state index contributed by atoms with van der Waals surface area (Å²) in [6.45, 7) is 3.88. The van der Waals surface area contributed by atoms with Crippen LogP contribution in [-0.4, -0.2) is 29.4 Å². The van der Waals surface area contributed by atoms with Gasteiger partial charge in [-0.25, -0.2) is 0 Å². The first kappa shape index (κ1) is 14.6. The average Bonchev–Trinajstić information content (AvgIpc) is 3.24. The Morgan fingerprint density at radius 2 is 2.00 bits per heavy atom. The molecular formula is C18H26N2O. The number of benzene rings is 1. The van der Waals surface area contributed by atoms with E-state index in [4.69, 9.17) is 5.73 Å². The molecule has 114 valence electrons. The summed E-state index contributed by atoms with van der Waals surface area (Å²) in [5.74, 6) is 0.233. The van der Waals surface area contributed by atoms with Crippen molar-refractivity contribution in [3.63, 3.8) is 0 Å². The second-order valence-corrected chi connectivity index (χ2v) is 6.89. The van der Waals surface area contributed by atoms with E-state index >= 15 is 0 Å². The van der Waals surface area contributed by atoms with Crippen molar-refractivity contribution in [2.45, 2.75) is 56.9 Å². The summed E-state index contributed by atoms with van der Waals surface area (Å²) >= 11 is 0. The summed E-state index contributed by atoms with van der Waals surface area (Å²) in [5, 5.41) is 0. The summed E-state index contributed by atoms with van der Waals surface area (Å²) < 4.78 is 0. The van der Waals surface area contributed by atoms with Gasteiger partial charge >= 0.3 is 0 Å². The normalized spacial score (nSPS) is 21.9. The van der Waals surface area contributed by atoms with Crippen LogP contribution in [0.1, 0.15) is 56.1 Å². The van der Waals surface area contributed by atoms with E-state index in [-0.39, 0.29) is 17.4 Å². The van der Waals surface area contributed by atoms with Crippen LogP contribution in [0.2, 0.25) is 0 Å². The molecule has 1 saturated heterocycles. The highest BCUT2D eigenvalue weighted by Gasteiger charge is 2.38. The second-order valence-electron chi connectivity index (χ2n) is 6.89. The van der Waals surface area contributed by atoms with Gasteiger partial charge in [0.2, 0.25) is 5.91 Å². The number of amides is 1. The number of nitrogens with zero attached hydrogens (tertiary/aromatic N) is 1. The predicted molar refractivity (Wildman–Crippen MR) is 85.1 cm³/mol. The number of likely N-dealkylation sites (tertiary alicyclic amines) is 1. The van der Waals surface area contributed by atoms with Crippen LogP contribution < -0.4 is 5.73 Å². The third kappa shape index (κ3) is 3.46. The topological polar surface area (TPSA) is 46.3 Å². The number of carbonyl (C=O) groups is 1. The van der Waals surface area contributed by atoms with Gasteiger partial charge in [0.1, 0.15) is 0 Å². The van der Waals surface area contributed by atoms with Crippen LogP contribution in [0, 0.1) is 0 Å². The third-order valence-electron chi connectivity index (χ3n) is 4.94. The molecule has 3 heteroatoms. The molecule has 2 fully saturated rings. The molecule has 1 amide bonds. The number of hydrogen-bond donors (Lipinski definition) is 1. The Hall–Kier alpha value is -1.35. The SMILES string of the molecule is CC(C(=O)N1CCCCC1)c1cccc(CC2(N)CC2)c1. The fourth-order valence-electron chi connectivity index (χ4n) is 3.25. The van der Waals surface area contributed by atoms with E-state index in [2.05, 4.69) is 24.3 Å². The molecule has 1 aliphatic heterocycles. The number of carbonyl (C=O) groups excluding carboxylic acids is 1. The minimum atomic E-state index is -0.0454. The fraction of sp³-hybridized carbons (Fsp3) is 0.611. The number of nitrogens with two attached hydrogens (primary N) is 1. The minimum Gasteiger partial charge on any atom is -0.342 e. The number of hydrogen-bond acceptors (Lipinski definition) is 2. The predicted octanol–water partition coefficient (Wildman–Crippen LogP) is 2.84. The molecular weight excluding hydrogens is 260 g/mol. The summed E-state index contributed by atoms with van der Waals surface area (Å²) in [5.41, 5.74) is 8.63. The van der Waals surface area contributed by atoms with Gasteiger partial charge in [0.25, 0.3) is 0 Å². The molecule has 1 atom stereocenters. The zero-order valence-electron chi connectivity index (χ0n) is 13.0. The lowest BCUT2D eigenvalue weighted by Gasteiger charge is -2.29. The van der Waals surface area contributed by atoms with E-state index < -0.39 is 0 Å². The summed E-state index contributed by atoms with van der Waals surface area (Å²) in [7, 11) is 0. The Bertz CT molecular complexity index is 516. The van der Waals surface area contributed by atoms with E-state index in [1.807, 2.05) is 11.8 Å². The Kier molecular flexibility index (Phi) is 4.03. The van der Waals surface area contributed by atoms with Crippen LogP contribution in [0.3, 0.4) is 0 Å². The molecule has 3 nitrogen and oxygen atoms in total. The second kappa shape index (κ2) is 5.80. The van der Waals surface area contributed by atoms with Crippen molar-refractivity contribution in [3.05, 3.63) is 35.4 Å². The molecule has 2 N–H and O–H groups in total. The van der Waals surface area contributed by atoms with E-state index in [0.717, 1.165) is 50.8 Å². The molecule has 21 heavy (non-hydrogen) atoms. The Morgan fingerprint density at radius 3 is 2.67 bits per heavy atom. The highest BCUT2D eigenvalue weighted by Crippen LogP contribution is 2.36. The van der Waals surface area contributed by atoms with Crippen molar-refractivity contribution < 1.29 is 4.79 Å². The van der Waals surface area contributed by atoms with E-state index in [1.165, 1.54) is 12.0 Å². The van der Waals surface area contributed by atoms with Crippen molar-refractivity contribution in [2.24, 2.45) is 5.73 Å². The Morgan fingerprint density at radius 1 is 1.29 bits per heavy atom. The Balaban J connectivity index is 1.69. The largest absolute Gasteiger partial charge is 0.342 e. The van der Waals surface area contributed by atoms with Crippen LogP contribution in [0.25, 0.3) is 0 Å². The monoisotopic (exact) mass is 286 g/mol. The summed E-state index contributed by atoms with van der Waals surface area (Å²) in [4.78, 5) is 14.6. The van der Waals surface area contributed by atoms with Crippen LogP contribution >= 0.6 is 0 Å². The smallest absolute Gasteiger partial charge is 0.229 e. The molecule has 1 aromatic carbocycles. The highest BCUT2D eigenvalue weighted by molar-refractivity contribution is 5.83. The average molecular weight is 286 g/mol. The summed E-state index contributed by atoms with van der Waals surface area (Å²) in [6, 6.07) is 8.45. The van der Waals surface area contributed by atoms with Gasteiger partial charge in [-0.05, 0) is 56.6 Å². The van der Waals surface area contributed by atoms with Crippen molar-refractivity contribution >= 4 is 5.91 Å². The summed E-state index contributed by atoms with van der Waals surface area (Å²) in [6.07, 6.45) is 6.74. The fourth-order valence-corrected chi connectivity index (χ4v) is 3.25. The van der Waals surface area contributed by atoms with Gasteiger partial charge in [0, 0.05) is 18.6 Å². The van der Waals surface area contributed by atoms with Gasteiger partial charge in [-0.15, -0.1) is 0 Å².